The lowest BCUT2D eigenvalue weighted by atomic mass is 9.91. The van der Waals surface area contributed by atoms with Gasteiger partial charge in [0, 0.05) is 10.0 Å². The lowest BCUT2D eigenvalue weighted by Crippen LogP contribution is -2.31. The summed E-state index contributed by atoms with van der Waals surface area (Å²) in [6.45, 7) is 8.05. The fourth-order valence-corrected chi connectivity index (χ4v) is 2.15. The van der Waals surface area contributed by atoms with Crippen LogP contribution in [0, 0.1) is 0 Å². The molecule has 0 saturated carbocycles. The summed E-state index contributed by atoms with van der Waals surface area (Å²) >= 11 is 3.12. The third-order valence-electron chi connectivity index (χ3n) is 2.52. The minimum atomic E-state index is -4.63. The molecule has 0 aliphatic carbocycles. The van der Waals surface area contributed by atoms with Crippen LogP contribution in [0.5, 0.6) is 0 Å². The predicted molar refractivity (Wildman–Crippen MR) is 77.9 cm³/mol. The summed E-state index contributed by atoms with van der Waals surface area (Å²) < 4.78 is 45.4. The summed E-state index contributed by atoms with van der Waals surface area (Å²) in [5.74, 6) is -3.14. The van der Waals surface area contributed by atoms with Crippen LogP contribution in [0.4, 0.5) is 13.2 Å². The van der Waals surface area contributed by atoms with E-state index in [0.29, 0.717) is 4.47 Å². The molecule has 0 aromatic heterocycles. The quantitative estimate of drug-likeness (QED) is 0.557. The molecular formula is C15H16BrF3O2. The van der Waals surface area contributed by atoms with Crippen LogP contribution in [0.15, 0.2) is 40.9 Å². The molecular weight excluding hydrogens is 349 g/mol. The Hall–Kier alpha value is -1.30. The van der Waals surface area contributed by atoms with E-state index in [1.54, 1.807) is 26.8 Å². The van der Waals surface area contributed by atoms with Crippen molar-refractivity contribution in [2.24, 2.45) is 0 Å². The van der Waals surface area contributed by atoms with Crippen molar-refractivity contribution in [2.45, 2.75) is 38.5 Å². The molecule has 0 aliphatic rings. The van der Waals surface area contributed by atoms with Gasteiger partial charge in [-0.15, -0.1) is 0 Å². The first kappa shape index (κ1) is 17.8. The molecule has 0 heterocycles. The zero-order valence-electron chi connectivity index (χ0n) is 11.9. The SMILES string of the molecule is C=C(C(=O)OC(C)(C)C)C(c1cccc(Br)c1)C(F)(F)F. The molecule has 0 fully saturated rings. The van der Waals surface area contributed by atoms with Gasteiger partial charge in [-0.25, -0.2) is 4.79 Å². The first-order valence-electron chi connectivity index (χ1n) is 6.16. The summed E-state index contributed by atoms with van der Waals surface area (Å²) in [5.41, 5.74) is -1.57. The van der Waals surface area contributed by atoms with Gasteiger partial charge in [-0.3, -0.25) is 0 Å². The van der Waals surface area contributed by atoms with Gasteiger partial charge >= 0.3 is 12.1 Å². The second-order valence-electron chi connectivity index (χ2n) is 5.56. The molecule has 2 nitrogen and oxygen atoms in total. The van der Waals surface area contributed by atoms with E-state index in [9.17, 15) is 18.0 Å². The van der Waals surface area contributed by atoms with Crippen LogP contribution in [0.25, 0.3) is 0 Å². The van der Waals surface area contributed by atoms with E-state index in [4.69, 9.17) is 4.74 Å². The van der Waals surface area contributed by atoms with Crippen molar-refractivity contribution in [2.75, 3.05) is 0 Å². The fraction of sp³-hybridized carbons (Fsp3) is 0.400. The Morgan fingerprint density at radius 1 is 1.29 bits per heavy atom. The molecule has 6 heteroatoms. The Morgan fingerprint density at radius 3 is 2.29 bits per heavy atom. The summed E-state index contributed by atoms with van der Waals surface area (Å²) in [7, 11) is 0. The lowest BCUT2D eigenvalue weighted by Gasteiger charge is -2.25. The molecule has 1 aromatic rings. The second kappa shape index (κ2) is 6.22. The first-order valence-corrected chi connectivity index (χ1v) is 6.95. The molecule has 0 radical (unpaired) electrons. The summed E-state index contributed by atoms with van der Waals surface area (Å²) in [6.07, 6.45) is -4.63. The van der Waals surface area contributed by atoms with Gasteiger partial charge in [0.2, 0.25) is 0 Å². The van der Waals surface area contributed by atoms with Gasteiger partial charge in [-0.2, -0.15) is 13.2 Å². The highest BCUT2D eigenvalue weighted by Crippen LogP contribution is 2.41. The largest absolute Gasteiger partial charge is 0.457 e. The van der Waals surface area contributed by atoms with Crippen LogP contribution < -0.4 is 0 Å². The van der Waals surface area contributed by atoms with Gasteiger partial charge in [0.05, 0.1) is 0 Å². The van der Waals surface area contributed by atoms with Crippen LogP contribution in [-0.4, -0.2) is 17.7 Å². The minimum Gasteiger partial charge on any atom is -0.457 e. The minimum absolute atomic E-state index is 0.0623. The monoisotopic (exact) mass is 364 g/mol. The highest BCUT2D eigenvalue weighted by molar-refractivity contribution is 9.10. The van der Waals surface area contributed by atoms with Gasteiger partial charge in [0.15, 0.2) is 0 Å². The number of hydrogen-bond acceptors (Lipinski definition) is 2. The maximum Gasteiger partial charge on any atom is 0.399 e. The van der Waals surface area contributed by atoms with Crippen LogP contribution >= 0.6 is 15.9 Å². The number of esters is 1. The van der Waals surface area contributed by atoms with E-state index in [0.717, 1.165) is 0 Å². The first-order chi connectivity index (χ1) is 9.42. The number of carbonyl (C=O) groups excluding carboxylic acids is 1. The summed E-state index contributed by atoms with van der Waals surface area (Å²) in [6, 6.07) is 5.69. The number of halogens is 4. The number of ether oxygens (including phenoxy) is 1. The highest BCUT2D eigenvalue weighted by atomic mass is 79.9. The maximum absolute atomic E-state index is 13.3. The summed E-state index contributed by atoms with van der Waals surface area (Å²) in [4.78, 5) is 11.9. The molecule has 1 aromatic carbocycles. The summed E-state index contributed by atoms with van der Waals surface area (Å²) in [5, 5.41) is 0. The third kappa shape index (κ3) is 5.19. The van der Waals surface area contributed by atoms with Crippen LogP contribution in [0.2, 0.25) is 0 Å². The Bertz CT molecular complexity index is 545. The molecule has 0 N–H and O–H groups in total. The van der Waals surface area contributed by atoms with Crippen molar-refractivity contribution in [3.63, 3.8) is 0 Å². The number of rotatable bonds is 3. The highest BCUT2D eigenvalue weighted by Gasteiger charge is 2.45. The van der Waals surface area contributed by atoms with Crippen molar-refractivity contribution in [1.29, 1.82) is 0 Å². The Balaban J connectivity index is 3.16. The van der Waals surface area contributed by atoms with Crippen LogP contribution in [0.1, 0.15) is 32.3 Å². The average Bonchev–Trinajstić information content (AvgIpc) is 2.24. The number of benzene rings is 1. The molecule has 0 amide bonds. The van der Waals surface area contributed by atoms with Crippen molar-refractivity contribution in [1.82, 2.24) is 0 Å². The van der Waals surface area contributed by atoms with E-state index in [-0.39, 0.29) is 5.56 Å². The Morgan fingerprint density at radius 2 is 1.86 bits per heavy atom. The Labute approximate surface area is 130 Å². The molecule has 0 aliphatic heterocycles. The zero-order chi connectivity index (χ0) is 16.4. The van der Waals surface area contributed by atoms with Crippen molar-refractivity contribution >= 4 is 21.9 Å². The standard InChI is InChI=1S/C15H16BrF3O2/c1-9(13(20)21-14(2,3)4)12(15(17,18)19)10-6-5-7-11(16)8-10/h5-8,12H,1H2,2-4H3. The Kier molecular flexibility index (Phi) is 5.25. The smallest absolute Gasteiger partial charge is 0.399 e. The molecule has 1 atom stereocenters. The molecule has 0 bridgehead atoms. The second-order valence-corrected chi connectivity index (χ2v) is 6.47. The maximum atomic E-state index is 13.3. The van der Waals surface area contributed by atoms with Gasteiger partial charge in [0.25, 0.3) is 0 Å². The number of carbonyl (C=O) groups is 1. The zero-order valence-corrected chi connectivity index (χ0v) is 13.5. The molecule has 116 valence electrons. The molecule has 0 spiro atoms. The molecule has 1 rings (SSSR count). The normalized spacial score (nSPS) is 13.7. The molecule has 21 heavy (non-hydrogen) atoms. The molecule has 1 unspecified atom stereocenters. The van der Waals surface area contributed by atoms with E-state index >= 15 is 0 Å². The van der Waals surface area contributed by atoms with Crippen molar-refractivity contribution < 1.29 is 22.7 Å². The predicted octanol–water partition coefficient (Wildman–Crippen LogP) is 4.99. The van der Waals surface area contributed by atoms with Gasteiger partial charge in [0.1, 0.15) is 11.5 Å². The van der Waals surface area contributed by atoms with E-state index in [1.807, 2.05) is 0 Å². The third-order valence-corrected chi connectivity index (χ3v) is 3.01. The van der Waals surface area contributed by atoms with E-state index in [1.165, 1.54) is 18.2 Å². The van der Waals surface area contributed by atoms with Gasteiger partial charge < -0.3 is 4.74 Å². The van der Waals surface area contributed by atoms with Gasteiger partial charge in [-0.1, -0.05) is 34.6 Å². The van der Waals surface area contributed by atoms with Crippen molar-refractivity contribution in [3.05, 3.63) is 46.5 Å². The lowest BCUT2D eigenvalue weighted by molar-refractivity contribution is -0.161. The fourth-order valence-electron chi connectivity index (χ4n) is 1.74. The van der Waals surface area contributed by atoms with Gasteiger partial charge in [-0.05, 0) is 38.5 Å². The van der Waals surface area contributed by atoms with E-state index in [2.05, 4.69) is 22.5 Å². The average molecular weight is 365 g/mol. The van der Waals surface area contributed by atoms with Crippen LogP contribution in [-0.2, 0) is 9.53 Å². The van der Waals surface area contributed by atoms with Crippen LogP contribution in [0.3, 0.4) is 0 Å². The topological polar surface area (TPSA) is 26.3 Å². The van der Waals surface area contributed by atoms with E-state index < -0.39 is 29.2 Å². The number of alkyl halides is 3. The van der Waals surface area contributed by atoms with Crippen molar-refractivity contribution in [3.8, 4) is 0 Å². The number of hydrogen-bond donors (Lipinski definition) is 0. The molecule has 0 saturated heterocycles.